The van der Waals surface area contributed by atoms with Gasteiger partial charge in [0.2, 0.25) is 0 Å². The minimum absolute atomic E-state index is 0.0605. The Morgan fingerprint density at radius 3 is 2.89 bits per heavy atom. The lowest BCUT2D eigenvalue weighted by molar-refractivity contribution is -0.384. The first-order valence-corrected chi connectivity index (χ1v) is 5.60. The number of nitro groups is 1. The lowest BCUT2D eigenvalue weighted by atomic mass is 10.2. The van der Waals surface area contributed by atoms with Gasteiger partial charge in [0.15, 0.2) is 0 Å². The summed E-state index contributed by atoms with van der Waals surface area (Å²) in [7, 11) is 0. The number of hydrogen-bond acceptors (Lipinski definition) is 5. The molecule has 0 aliphatic heterocycles. The molecule has 0 radical (unpaired) electrons. The number of aliphatic hydroxyl groups excluding tert-OH is 1. The van der Waals surface area contributed by atoms with Gasteiger partial charge in [0.05, 0.1) is 10.4 Å². The molecule has 0 atom stereocenters. The molecular weight excluding hydrogens is 234 g/mol. The quantitative estimate of drug-likeness (QED) is 0.479. The molecule has 0 saturated heterocycles. The molecule has 0 amide bonds. The Bertz CT molecular complexity index is 571. The van der Waals surface area contributed by atoms with E-state index >= 15 is 0 Å². The Balaban J connectivity index is 2.24. The van der Waals surface area contributed by atoms with E-state index in [-0.39, 0.29) is 12.3 Å². The van der Waals surface area contributed by atoms with Gasteiger partial charge in [-0.25, -0.2) is 4.98 Å². The minimum Gasteiger partial charge on any atom is -0.396 e. The average molecular weight is 247 g/mol. The minimum atomic E-state index is -0.424. The van der Waals surface area contributed by atoms with E-state index in [1.807, 2.05) is 0 Å². The molecule has 0 aliphatic rings. The van der Waals surface area contributed by atoms with Crippen LogP contribution in [0.15, 0.2) is 30.3 Å². The lowest BCUT2D eigenvalue weighted by Crippen LogP contribution is -2.04. The number of aliphatic hydroxyl groups is 1. The fourth-order valence-corrected chi connectivity index (χ4v) is 1.62. The molecule has 1 heterocycles. The topological polar surface area (TPSA) is 88.3 Å². The van der Waals surface area contributed by atoms with E-state index in [0.29, 0.717) is 24.3 Å². The Morgan fingerprint density at radius 1 is 1.33 bits per heavy atom. The van der Waals surface area contributed by atoms with Crippen molar-refractivity contribution in [3.05, 3.63) is 40.4 Å². The summed E-state index contributed by atoms with van der Waals surface area (Å²) < 4.78 is 0. The van der Waals surface area contributed by atoms with Gasteiger partial charge in [-0.15, -0.1) is 0 Å². The maximum atomic E-state index is 10.6. The fourth-order valence-electron chi connectivity index (χ4n) is 1.62. The van der Waals surface area contributed by atoms with Gasteiger partial charge in [0.25, 0.3) is 5.69 Å². The molecule has 0 aliphatic carbocycles. The Labute approximate surface area is 103 Å². The number of aromatic nitrogens is 1. The summed E-state index contributed by atoms with van der Waals surface area (Å²) in [6, 6.07) is 8.12. The third-order valence-electron chi connectivity index (χ3n) is 2.52. The first kappa shape index (κ1) is 12.3. The van der Waals surface area contributed by atoms with Crippen LogP contribution in [0.3, 0.4) is 0 Å². The van der Waals surface area contributed by atoms with Crippen LogP contribution >= 0.6 is 0 Å². The van der Waals surface area contributed by atoms with Crippen molar-refractivity contribution in [2.24, 2.45) is 0 Å². The van der Waals surface area contributed by atoms with E-state index in [9.17, 15) is 10.1 Å². The molecular formula is C12H13N3O3. The second-order valence-corrected chi connectivity index (χ2v) is 3.83. The summed E-state index contributed by atoms with van der Waals surface area (Å²) in [5.74, 6) is 0.699. The zero-order chi connectivity index (χ0) is 13.0. The fraction of sp³-hybridized carbons (Fsp3) is 0.250. The molecule has 0 saturated carbocycles. The van der Waals surface area contributed by atoms with Crippen molar-refractivity contribution in [3.63, 3.8) is 0 Å². The van der Waals surface area contributed by atoms with Crippen LogP contribution in [-0.4, -0.2) is 28.2 Å². The molecule has 0 spiro atoms. The molecule has 0 bridgehead atoms. The molecule has 1 aromatic heterocycles. The summed E-state index contributed by atoms with van der Waals surface area (Å²) in [4.78, 5) is 14.5. The third-order valence-corrected chi connectivity index (χ3v) is 2.52. The molecule has 2 aromatic rings. The maximum absolute atomic E-state index is 10.6. The number of nitrogens with zero attached hydrogens (tertiary/aromatic N) is 2. The Kier molecular flexibility index (Phi) is 3.69. The molecule has 6 nitrogen and oxygen atoms in total. The highest BCUT2D eigenvalue weighted by Gasteiger charge is 2.06. The van der Waals surface area contributed by atoms with Crippen molar-refractivity contribution in [1.82, 2.24) is 4.98 Å². The smallest absolute Gasteiger partial charge is 0.270 e. The predicted molar refractivity (Wildman–Crippen MR) is 68.6 cm³/mol. The Hall–Kier alpha value is -2.21. The van der Waals surface area contributed by atoms with Gasteiger partial charge >= 0.3 is 0 Å². The molecule has 6 heteroatoms. The summed E-state index contributed by atoms with van der Waals surface area (Å²) in [6.07, 6.45) is 0.653. The highest BCUT2D eigenvalue weighted by molar-refractivity contribution is 5.82. The number of rotatable bonds is 5. The van der Waals surface area contributed by atoms with Crippen molar-refractivity contribution in [1.29, 1.82) is 0 Å². The van der Waals surface area contributed by atoms with Gasteiger partial charge in [-0.1, -0.05) is 0 Å². The normalized spacial score (nSPS) is 10.5. The molecule has 18 heavy (non-hydrogen) atoms. The maximum Gasteiger partial charge on any atom is 0.270 e. The largest absolute Gasteiger partial charge is 0.396 e. The van der Waals surface area contributed by atoms with Gasteiger partial charge in [0.1, 0.15) is 5.82 Å². The Morgan fingerprint density at radius 2 is 2.17 bits per heavy atom. The first-order valence-electron chi connectivity index (χ1n) is 5.60. The first-order chi connectivity index (χ1) is 8.70. The van der Waals surface area contributed by atoms with Crippen LogP contribution in [0.25, 0.3) is 10.9 Å². The SMILES string of the molecule is O=[N+]([O-])c1ccc2nc(NCCCO)ccc2c1. The number of pyridine rings is 1. The van der Waals surface area contributed by atoms with Gasteiger partial charge in [-0.05, 0) is 24.6 Å². The van der Waals surface area contributed by atoms with E-state index < -0.39 is 4.92 Å². The highest BCUT2D eigenvalue weighted by atomic mass is 16.6. The van der Waals surface area contributed by atoms with Crippen LogP contribution in [-0.2, 0) is 0 Å². The molecule has 2 N–H and O–H groups in total. The summed E-state index contributed by atoms with van der Waals surface area (Å²) in [6.45, 7) is 0.773. The van der Waals surface area contributed by atoms with E-state index in [1.165, 1.54) is 12.1 Å². The number of benzene rings is 1. The summed E-state index contributed by atoms with van der Waals surface area (Å²) in [5, 5.41) is 23.1. The molecule has 2 rings (SSSR count). The van der Waals surface area contributed by atoms with Crippen LogP contribution in [0.4, 0.5) is 11.5 Å². The van der Waals surface area contributed by atoms with Gasteiger partial charge < -0.3 is 10.4 Å². The monoisotopic (exact) mass is 247 g/mol. The van der Waals surface area contributed by atoms with E-state index in [4.69, 9.17) is 5.11 Å². The zero-order valence-corrected chi connectivity index (χ0v) is 9.67. The van der Waals surface area contributed by atoms with Crippen molar-refractivity contribution in [2.75, 3.05) is 18.5 Å². The average Bonchev–Trinajstić information content (AvgIpc) is 2.38. The van der Waals surface area contributed by atoms with Gasteiger partial charge in [-0.3, -0.25) is 10.1 Å². The van der Waals surface area contributed by atoms with Crippen LogP contribution in [0.5, 0.6) is 0 Å². The van der Waals surface area contributed by atoms with Crippen LogP contribution in [0, 0.1) is 10.1 Å². The third kappa shape index (κ3) is 2.72. The summed E-state index contributed by atoms with van der Waals surface area (Å²) in [5.41, 5.74) is 0.764. The highest BCUT2D eigenvalue weighted by Crippen LogP contribution is 2.20. The second kappa shape index (κ2) is 5.42. The van der Waals surface area contributed by atoms with Crippen molar-refractivity contribution in [2.45, 2.75) is 6.42 Å². The van der Waals surface area contributed by atoms with Crippen LogP contribution < -0.4 is 5.32 Å². The van der Waals surface area contributed by atoms with Crippen LogP contribution in [0.1, 0.15) is 6.42 Å². The number of hydrogen-bond donors (Lipinski definition) is 2. The standard InChI is InChI=1S/C12H13N3O3/c16-7-1-6-13-12-5-2-9-8-10(15(17)18)3-4-11(9)14-12/h2-5,8,16H,1,6-7H2,(H,13,14). The van der Waals surface area contributed by atoms with E-state index in [2.05, 4.69) is 10.3 Å². The van der Waals surface area contributed by atoms with E-state index in [1.54, 1.807) is 18.2 Å². The molecule has 0 unspecified atom stereocenters. The predicted octanol–water partition coefficient (Wildman–Crippen LogP) is 1.94. The van der Waals surface area contributed by atoms with E-state index in [0.717, 1.165) is 5.39 Å². The summed E-state index contributed by atoms with van der Waals surface area (Å²) >= 11 is 0. The van der Waals surface area contributed by atoms with Crippen molar-refractivity contribution in [3.8, 4) is 0 Å². The lowest BCUT2D eigenvalue weighted by Gasteiger charge is -2.05. The second-order valence-electron chi connectivity index (χ2n) is 3.83. The molecule has 0 fully saturated rings. The number of non-ortho nitro benzene ring substituents is 1. The van der Waals surface area contributed by atoms with Gasteiger partial charge in [0, 0.05) is 30.7 Å². The zero-order valence-electron chi connectivity index (χ0n) is 9.67. The molecule has 94 valence electrons. The van der Waals surface area contributed by atoms with Crippen LogP contribution in [0.2, 0.25) is 0 Å². The van der Waals surface area contributed by atoms with Crippen molar-refractivity contribution < 1.29 is 10.0 Å². The molecule has 1 aromatic carbocycles. The van der Waals surface area contributed by atoms with Gasteiger partial charge in [-0.2, -0.15) is 0 Å². The number of fused-ring (bicyclic) bond motifs is 1. The number of nitro benzene ring substituents is 1. The number of anilines is 1. The number of nitrogens with one attached hydrogen (secondary N) is 1. The van der Waals surface area contributed by atoms with Crippen molar-refractivity contribution >= 4 is 22.4 Å².